The summed E-state index contributed by atoms with van der Waals surface area (Å²) in [5.41, 5.74) is 4.49. The van der Waals surface area contributed by atoms with Gasteiger partial charge in [0.05, 0.1) is 5.69 Å². The number of hydrogen-bond donors (Lipinski definition) is 2. The zero-order chi connectivity index (χ0) is 16.3. The third-order valence-electron chi connectivity index (χ3n) is 4.79. The van der Waals surface area contributed by atoms with Crippen LogP contribution in [0.2, 0.25) is 0 Å². The summed E-state index contributed by atoms with van der Waals surface area (Å²) in [6, 6.07) is 7.33. The number of carbonyl (C=O) groups excluding carboxylic acids is 2. The van der Waals surface area contributed by atoms with Gasteiger partial charge in [-0.2, -0.15) is 4.74 Å². The van der Waals surface area contributed by atoms with E-state index in [-0.39, 0.29) is 11.8 Å². The van der Waals surface area contributed by atoms with Crippen molar-refractivity contribution in [2.45, 2.75) is 19.4 Å². The van der Waals surface area contributed by atoms with Gasteiger partial charge < -0.3 is 19.7 Å². The molecule has 0 spiro atoms. The van der Waals surface area contributed by atoms with Gasteiger partial charge in [0.25, 0.3) is 11.8 Å². The van der Waals surface area contributed by atoms with Gasteiger partial charge in [0.2, 0.25) is 5.58 Å². The van der Waals surface area contributed by atoms with Gasteiger partial charge in [0, 0.05) is 31.3 Å². The van der Waals surface area contributed by atoms with Crippen molar-refractivity contribution in [1.29, 1.82) is 0 Å². The van der Waals surface area contributed by atoms with Crippen LogP contribution in [0.5, 0.6) is 0 Å². The second kappa shape index (κ2) is 4.77. The molecule has 0 bridgehead atoms. The highest BCUT2D eigenvalue weighted by molar-refractivity contribution is 5.99. The second-order valence-electron chi connectivity index (χ2n) is 6.30. The highest BCUT2D eigenvalue weighted by Crippen LogP contribution is 2.27. The van der Waals surface area contributed by atoms with Crippen LogP contribution >= 0.6 is 0 Å². The molecule has 0 atom stereocenters. The number of aromatic amines is 1. The summed E-state index contributed by atoms with van der Waals surface area (Å²) in [6.45, 7) is 2.17. The molecule has 1 saturated heterocycles. The number of fused-ring (bicyclic) bond motifs is 2. The third kappa shape index (κ3) is 1.84. The Morgan fingerprint density at radius 3 is 2.83 bits per heavy atom. The topological polar surface area (TPSA) is 83.3 Å². The van der Waals surface area contributed by atoms with Crippen LogP contribution < -0.4 is 5.32 Å². The highest BCUT2D eigenvalue weighted by atomic mass is 16.5. The van der Waals surface area contributed by atoms with Crippen LogP contribution in [-0.4, -0.2) is 39.5 Å². The van der Waals surface area contributed by atoms with Crippen molar-refractivity contribution in [2.75, 3.05) is 13.1 Å². The number of benzene rings is 1. The van der Waals surface area contributed by atoms with E-state index < -0.39 is 0 Å². The quantitative estimate of drug-likeness (QED) is 0.756. The van der Waals surface area contributed by atoms with Gasteiger partial charge >= 0.3 is 0 Å². The van der Waals surface area contributed by atoms with Crippen LogP contribution in [0.3, 0.4) is 0 Å². The summed E-state index contributed by atoms with van der Waals surface area (Å²) in [7, 11) is 0. The maximum atomic E-state index is 12.4. The lowest BCUT2D eigenvalue weighted by Crippen LogP contribution is -2.27. The number of rotatable bonds is 2. The lowest BCUT2D eigenvalue weighted by atomic mass is 10.1. The van der Waals surface area contributed by atoms with Gasteiger partial charge in [0.15, 0.2) is 5.65 Å². The zero-order valence-electron chi connectivity index (χ0n) is 13.0. The summed E-state index contributed by atoms with van der Waals surface area (Å²) < 4.78 is 7.33. The van der Waals surface area contributed by atoms with Crippen LogP contribution in [0.15, 0.2) is 28.8 Å². The van der Waals surface area contributed by atoms with Crippen molar-refractivity contribution in [3.63, 3.8) is 0 Å². The van der Waals surface area contributed by atoms with Gasteiger partial charge in [-0.25, -0.2) is 0 Å². The Labute approximate surface area is 137 Å². The average molecular weight is 324 g/mol. The van der Waals surface area contributed by atoms with Gasteiger partial charge in [0.1, 0.15) is 5.69 Å². The molecule has 24 heavy (non-hydrogen) atoms. The number of nitrogens with one attached hydrogen (secondary N) is 2. The van der Waals surface area contributed by atoms with E-state index in [1.54, 1.807) is 16.9 Å². The molecule has 0 aliphatic carbocycles. The van der Waals surface area contributed by atoms with E-state index in [0.717, 1.165) is 42.8 Å². The molecule has 4 heterocycles. The molecule has 0 radical (unpaired) electrons. The molecule has 1 fully saturated rings. The minimum Gasteiger partial charge on any atom is -0.369 e. The Hall–Kier alpha value is -2.96. The monoisotopic (exact) mass is 324 g/mol. The summed E-state index contributed by atoms with van der Waals surface area (Å²) in [6.07, 6.45) is 2.13. The lowest BCUT2D eigenvalue weighted by Gasteiger charge is -2.13. The van der Waals surface area contributed by atoms with Crippen molar-refractivity contribution < 1.29 is 14.1 Å². The zero-order valence-corrected chi connectivity index (χ0v) is 13.0. The molecule has 2 amide bonds. The first-order valence-electron chi connectivity index (χ1n) is 8.12. The van der Waals surface area contributed by atoms with E-state index in [2.05, 4.69) is 10.3 Å². The first kappa shape index (κ1) is 13.5. The lowest BCUT2D eigenvalue weighted by molar-refractivity contribution is 0.0787. The summed E-state index contributed by atoms with van der Waals surface area (Å²) in [5.74, 6) is -0.0191. The maximum absolute atomic E-state index is 12.4. The van der Waals surface area contributed by atoms with Crippen LogP contribution in [0.1, 0.15) is 39.3 Å². The Bertz CT molecular complexity index is 971. The number of aromatic nitrogens is 2. The van der Waals surface area contributed by atoms with Crippen molar-refractivity contribution in [1.82, 2.24) is 19.9 Å². The molecular formula is C17H16N4O3. The standard InChI is InChI=1S/C17H16N4O3/c22-16-12-4-3-11(7-10(12)9-18-16)21-15-14(24-21)8-13(19-15)17(23)20-5-1-2-6-20/h3-4,7-8,19H,1-2,5-6,9H2,(H,18,22). The Kier molecular flexibility index (Phi) is 2.68. The molecule has 2 aliphatic heterocycles. The molecule has 1 aromatic carbocycles. The van der Waals surface area contributed by atoms with E-state index in [4.69, 9.17) is 4.52 Å². The molecule has 7 heteroatoms. The first-order chi connectivity index (χ1) is 11.7. The summed E-state index contributed by atoms with van der Waals surface area (Å²) >= 11 is 0. The number of H-pyrrole nitrogens is 1. The Balaban J connectivity index is 1.49. The third-order valence-corrected chi connectivity index (χ3v) is 4.79. The van der Waals surface area contributed by atoms with Gasteiger partial charge in [-0.3, -0.25) is 9.59 Å². The van der Waals surface area contributed by atoms with E-state index in [1.165, 1.54) is 0 Å². The molecule has 3 aromatic rings. The summed E-state index contributed by atoms with van der Waals surface area (Å²) in [4.78, 5) is 29.1. The van der Waals surface area contributed by atoms with Crippen molar-refractivity contribution in [2.24, 2.45) is 0 Å². The van der Waals surface area contributed by atoms with Crippen molar-refractivity contribution in [3.8, 4) is 5.69 Å². The number of hydrogen-bond acceptors (Lipinski definition) is 3. The molecule has 7 nitrogen and oxygen atoms in total. The Morgan fingerprint density at radius 1 is 1.17 bits per heavy atom. The van der Waals surface area contributed by atoms with Crippen LogP contribution in [0.25, 0.3) is 16.9 Å². The SMILES string of the molecule is O=C1NCc2cc(-n3oc4cc(C(=O)N5CCCC5)[nH]c43)ccc21. The van der Waals surface area contributed by atoms with Crippen molar-refractivity contribution >= 4 is 23.0 Å². The van der Waals surface area contributed by atoms with E-state index in [0.29, 0.717) is 23.4 Å². The fourth-order valence-corrected chi connectivity index (χ4v) is 3.48. The average Bonchev–Trinajstić information content (AvgIpc) is 3.29. The fourth-order valence-electron chi connectivity index (χ4n) is 3.48. The van der Waals surface area contributed by atoms with Crippen LogP contribution in [0.4, 0.5) is 0 Å². The molecule has 2 N–H and O–H groups in total. The molecule has 5 rings (SSSR count). The second-order valence-corrected chi connectivity index (χ2v) is 6.30. The maximum Gasteiger partial charge on any atom is 0.270 e. The fraction of sp³-hybridized carbons (Fsp3) is 0.294. The molecule has 122 valence electrons. The smallest absolute Gasteiger partial charge is 0.270 e. The predicted molar refractivity (Wildman–Crippen MR) is 86.2 cm³/mol. The number of amides is 2. The van der Waals surface area contributed by atoms with Gasteiger partial charge in [-0.15, -0.1) is 0 Å². The van der Waals surface area contributed by atoms with E-state index in [1.807, 2.05) is 17.0 Å². The van der Waals surface area contributed by atoms with E-state index >= 15 is 0 Å². The summed E-state index contributed by atoms with van der Waals surface area (Å²) in [5, 5.41) is 2.80. The Morgan fingerprint density at radius 2 is 2.00 bits per heavy atom. The number of nitrogens with zero attached hydrogens (tertiary/aromatic N) is 2. The van der Waals surface area contributed by atoms with E-state index in [9.17, 15) is 9.59 Å². The first-order valence-corrected chi connectivity index (χ1v) is 8.12. The predicted octanol–water partition coefficient (Wildman–Crippen LogP) is 2.03. The highest BCUT2D eigenvalue weighted by Gasteiger charge is 2.25. The van der Waals surface area contributed by atoms with Crippen LogP contribution in [-0.2, 0) is 6.54 Å². The molecule has 2 aliphatic rings. The minimum absolute atomic E-state index is 0.0224. The molecular weight excluding hydrogens is 308 g/mol. The van der Waals surface area contributed by atoms with Gasteiger partial charge in [-0.05, 0) is 36.6 Å². The largest absolute Gasteiger partial charge is 0.369 e. The van der Waals surface area contributed by atoms with Crippen molar-refractivity contribution in [3.05, 3.63) is 41.1 Å². The number of carbonyl (C=O) groups is 2. The number of likely N-dealkylation sites (tertiary alicyclic amines) is 1. The minimum atomic E-state index is -0.0415. The molecule has 0 unspecified atom stereocenters. The molecule has 2 aromatic heterocycles. The van der Waals surface area contributed by atoms with Crippen LogP contribution in [0, 0.1) is 0 Å². The van der Waals surface area contributed by atoms with Gasteiger partial charge in [-0.1, -0.05) is 0 Å². The molecule has 0 saturated carbocycles. The normalized spacial score (nSPS) is 16.8.